The first kappa shape index (κ1) is 18.4. The van der Waals surface area contributed by atoms with Crippen molar-refractivity contribution in [1.82, 2.24) is 5.32 Å². The summed E-state index contributed by atoms with van der Waals surface area (Å²) < 4.78 is 5.83. The average molecular weight is 368 g/mol. The van der Waals surface area contributed by atoms with E-state index in [1.54, 1.807) is 6.08 Å². The molecule has 0 aliphatic rings. The third-order valence-corrected chi connectivity index (χ3v) is 3.95. The van der Waals surface area contributed by atoms with Gasteiger partial charge in [0.25, 0.3) is 5.91 Å². The third kappa shape index (κ3) is 6.43. The number of amides is 1. The van der Waals surface area contributed by atoms with Gasteiger partial charge < -0.3 is 10.1 Å². The van der Waals surface area contributed by atoms with Gasteiger partial charge in [-0.2, -0.15) is 0 Å². The summed E-state index contributed by atoms with van der Waals surface area (Å²) in [6.07, 6.45) is 3.77. The Labute approximate surface area is 140 Å². The number of benzene rings is 1. The Bertz CT molecular complexity index is 579. The maximum Gasteiger partial charge on any atom is 0.331 e. The van der Waals surface area contributed by atoms with Gasteiger partial charge in [0.15, 0.2) is 6.61 Å². The molecule has 1 aromatic carbocycles. The lowest BCUT2D eigenvalue weighted by Gasteiger charge is -2.24. The van der Waals surface area contributed by atoms with Crippen LogP contribution in [0.15, 0.2) is 28.7 Å². The summed E-state index contributed by atoms with van der Waals surface area (Å²) >= 11 is 3.43. The predicted octanol–water partition coefficient (Wildman–Crippen LogP) is 3.62. The van der Waals surface area contributed by atoms with Crippen molar-refractivity contribution in [3.8, 4) is 0 Å². The van der Waals surface area contributed by atoms with E-state index in [4.69, 9.17) is 4.74 Å². The Morgan fingerprint density at radius 2 is 2.05 bits per heavy atom. The van der Waals surface area contributed by atoms with Crippen molar-refractivity contribution in [2.24, 2.45) is 0 Å². The molecule has 0 heterocycles. The molecule has 22 heavy (non-hydrogen) atoms. The molecule has 0 aliphatic carbocycles. The number of hydrogen-bond donors (Lipinski definition) is 1. The first-order valence-electron chi connectivity index (χ1n) is 7.15. The van der Waals surface area contributed by atoms with Crippen molar-refractivity contribution in [2.45, 2.75) is 39.7 Å². The van der Waals surface area contributed by atoms with Gasteiger partial charge in [-0.1, -0.05) is 35.0 Å². The highest BCUT2D eigenvalue weighted by Crippen LogP contribution is 2.19. The van der Waals surface area contributed by atoms with Crippen LogP contribution in [0.25, 0.3) is 6.08 Å². The molecule has 0 saturated heterocycles. The van der Waals surface area contributed by atoms with Crippen LogP contribution in [-0.4, -0.2) is 24.0 Å². The molecule has 4 nitrogen and oxygen atoms in total. The van der Waals surface area contributed by atoms with Gasteiger partial charge in [0, 0.05) is 16.1 Å². The van der Waals surface area contributed by atoms with E-state index >= 15 is 0 Å². The highest BCUT2D eigenvalue weighted by atomic mass is 79.9. The van der Waals surface area contributed by atoms with Gasteiger partial charge in [-0.15, -0.1) is 0 Å². The fourth-order valence-electron chi connectivity index (χ4n) is 1.61. The fraction of sp³-hybridized carbons (Fsp3) is 0.412. The van der Waals surface area contributed by atoms with Crippen LogP contribution in [0, 0.1) is 6.92 Å². The van der Waals surface area contributed by atoms with Crippen LogP contribution in [0.4, 0.5) is 0 Å². The monoisotopic (exact) mass is 367 g/mol. The summed E-state index contributed by atoms with van der Waals surface area (Å²) in [4.78, 5) is 23.3. The van der Waals surface area contributed by atoms with Gasteiger partial charge in [0.05, 0.1) is 0 Å². The number of rotatable bonds is 6. The largest absolute Gasteiger partial charge is 0.452 e. The van der Waals surface area contributed by atoms with Gasteiger partial charge in [0.2, 0.25) is 0 Å². The number of nitrogens with one attached hydrogen (secondary N) is 1. The van der Waals surface area contributed by atoms with Crippen LogP contribution in [0.3, 0.4) is 0 Å². The number of ether oxygens (including phenoxy) is 1. The minimum atomic E-state index is -0.545. The topological polar surface area (TPSA) is 55.4 Å². The highest BCUT2D eigenvalue weighted by molar-refractivity contribution is 9.10. The Balaban J connectivity index is 2.49. The number of aryl methyl sites for hydroxylation is 1. The molecular formula is C17H22BrNO3. The minimum absolute atomic E-state index is 0.276. The molecule has 0 atom stereocenters. The molecule has 1 N–H and O–H groups in total. The smallest absolute Gasteiger partial charge is 0.331 e. The van der Waals surface area contributed by atoms with Crippen LogP contribution < -0.4 is 5.32 Å². The van der Waals surface area contributed by atoms with Crippen LogP contribution in [0.1, 0.15) is 38.3 Å². The zero-order chi connectivity index (χ0) is 16.8. The summed E-state index contributed by atoms with van der Waals surface area (Å²) in [6.45, 7) is 7.53. The molecule has 0 bridgehead atoms. The number of carbonyl (C=O) groups is 2. The molecule has 0 aromatic heterocycles. The first-order chi connectivity index (χ1) is 10.2. The fourth-order valence-corrected chi connectivity index (χ4v) is 2.24. The second-order valence-corrected chi connectivity index (χ2v) is 6.61. The maximum atomic E-state index is 11.7. The average Bonchev–Trinajstić information content (AvgIpc) is 2.43. The molecule has 1 rings (SSSR count). The predicted molar refractivity (Wildman–Crippen MR) is 91.4 cm³/mol. The summed E-state index contributed by atoms with van der Waals surface area (Å²) in [5.74, 6) is -0.845. The zero-order valence-electron chi connectivity index (χ0n) is 13.4. The van der Waals surface area contributed by atoms with Crippen molar-refractivity contribution in [1.29, 1.82) is 0 Å². The SMILES string of the molecule is CCC(C)(C)NC(=O)COC(=O)/C=C/c1ccc(C)cc1Br. The van der Waals surface area contributed by atoms with E-state index in [0.29, 0.717) is 0 Å². The summed E-state index contributed by atoms with van der Waals surface area (Å²) in [5.41, 5.74) is 1.70. The third-order valence-electron chi connectivity index (χ3n) is 3.26. The van der Waals surface area contributed by atoms with Gasteiger partial charge in [0.1, 0.15) is 0 Å². The first-order valence-corrected chi connectivity index (χ1v) is 7.95. The molecule has 1 amide bonds. The number of carbonyl (C=O) groups excluding carboxylic acids is 2. The van der Waals surface area contributed by atoms with E-state index in [1.807, 2.05) is 45.9 Å². The van der Waals surface area contributed by atoms with E-state index in [1.165, 1.54) is 6.08 Å². The van der Waals surface area contributed by atoms with Crippen molar-refractivity contribution >= 4 is 33.9 Å². The standard InChI is InChI=1S/C17H22BrNO3/c1-5-17(3,4)19-15(20)11-22-16(21)9-8-13-7-6-12(2)10-14(13)18/h6-10H,5,11H2,1-4H3,(H,19,20)/b9-8+. The van der Waals surface area contributed by atoms with Crippen LogP contribution in [0.5, 0.6) is 0 Å². The maximum absolute atomic E-state index is 11.7. The quantitative estimate of drug-likeness (QED) is 0.616. The molecule has 1 aromatic rings. The lowest BCUT2D eigenvalue weighted by Crippen LogP contribution is -2.44. The molecule has 0 radical (unpaired) electrons. The van der Waals surface area contributed by atoms with Gasteiger partial charge in [-0.25, -0.2) is 4.79 Å². The van der Waals surface area contributed by atoms with Crippen LogP contribution in [-0.2, 0) is 14.3 Å². The Morgan fingerprint density at radius 3 is 2.64 bits per heavy atom. The van der Waals surface area contributed by atoms with E-state index in [0.717, 1.165) is 22.0 Å². The normalized spacial score (nSPS) is 11.5. The number of esters is 1. The number of hydrogen-bond acceptors (Lipinski definition) is 3. The Morgan fingerprint density at radius 1 is 1.36 bits per heavy atom. The van der Waals surface area contributed by atoms with Gasteiger partial charge >= 0.3 is 5.97 Å². The van der Waals surface area contributed by atoms with Gasteiger partial charge in [-0.3, -0.25) is 4.79 Å². The van der Waals surface area contributed by atoms with Crippen molar-refractivity contribution < 1.29 is 14.3 Å². The molecule has 5 heteroatoms. The molecule has 0 spiro atoms. The second kappa shape index (κ2) is 8.13. The molecule has 120 valence electrons. The zero-order valence-corrected chi connectivity index (χ0v) is 15.0. The molecule has 0 unspecified atom stereocenters. The summed E-state index contributed by atoms with van der Waals surface area (Å²) in [7, 11) is 0. The van der Waals surface area contributed by atoms with E-state index in [2.05, 4.69) is 21.2 Å². The van der Waals surface area contributed by atoms with E-state index in [9.17, 15) is 9.59 Å². The summed E-state index contributed by atoms with van der Waals surface area (Å²) in [5, 5.41) is 2.80. The lowest BCUT2D eigenvalue weighted by molar-refractivity contribution is -0.144. The van der Waals surface area contributed by atoms with Crippen molar-refractivity contribution in [3.05, 3.63) is 39.9 Å². The Hall–Kier alpha value is -1.62. The molecule has 0 saturated carbocycles. The molecule has 0 fully saturated rings. The summed E-state index contributed by atoms with van der Waals surface area (Å²) in [6, 6.07) is 5.82. The Kier molecular flexibility index (Phi) is 6.81. The van der Waals surface area contributed by atoms with Crippen LogP contribution in [0.2, 0.25) is 0 Å². The van der Waals surface area contributed by atoms with Crippen LogP contribution >= 0.6 is 15.9 Å². The van der Waals surface area contributed by atoms with Crippen molar-refractivity contribution in [2.75, 3.05) is 6.61 Å². The number of halogens is 1. The molecule has 0 aliphatic heterocycles. The molecular weight excluding hydrogens is 346 g/mol. The second-order valence-electron chi connectivity index (χ2n) is 5.75. The van der Waals surface area contributed by atoms with E-state index < -0.39 is 5.97 Å². The van der Waals surface area contributed by atoms with Crippen molar-refractivity contribution in [3.63, 3.8) is 0 Å². The van der Waals surface area contributed by atoms with E-state index in [-0.39, 0.29) is 18.1 Å². The minimum Gasteiger partial charge on any atom is -0.452 e. The highest BCUT2D eigenvalue weighted by Gasteiger charge is 2.18. The lowest BCUT2D eigenvalue weighted by atomic mass is 10.0. The van der Waals surface area contributed by atoms with Gasteiger partial charge in [-0.05, 0) is 50.5 Å².